The molecule has 0 spiro atoms. The van der Waals surface area contributed by atoms with Gasteiger partial charge in [0.1, 0.15) is 5.75 Å². The Morgan fingerprint density at radius 1 is 0.935 bits per heavy atom. The molecule has 0 bridgehead atoms. The van der Waals surface area contributed by atoms with Crippen LogP contribution in [-0.4, -0.2) is 27.1 Å². The summed E-state index contributed by atoms with van der Waals surface area (Å²) in [5.41, 5.74) is 3.32. The molecular formula is C23H23N3O4S. The summed E-state index contributed by atoms with van der Waals surface area (Å²) in [4.78, 5) is 14.7. The highest BCUT2D eigenvalue weighted by molar-refractivity contribution is 7.89. The van der Waals surface area contributed by atoms with Crippen LogP contribution in [0, 0.1) is 6.92 Å². The zero-order valence-electron chi connectivity index (χ0n) is 17.4. The van der Waals surface area contributed by atoms with Crippen molar-refractivity contribution in [2.75, 3.05) is 12.4 Å². The lowest BCUT2D eigenvalue weighted by Gasteiger charge is -2.09. The van der Waals surface area contributed by atoms with Gasteiger partial charge in [0.05, 0.1) is 17.7 Å². The fraction of sp³-hybridized carbons (Fsp3) is 0.130. The van der Waals surface area contributed by atoms with Crippen molar-refractivity contribution in [1.82, 2.24) is 4.83 Å². The van der Waals surface area contributed by atoms with E-state index in [9.17, 15) is 13.2 Å². The number of hydrogen-bond acceptors (Lipinski definition) is 5. The number of anilines is 1. The summed E-state index contributed by atoms with van der Waals surface area (Å²) >= 11 is 0. The van der Waals surface area contributed by atoms with Gasteiger partial charge in [-0.2, -0.15) is 18.4 Å². The molecule has 8 heteroatoms. The number of aryl methyl sites for hydroxylation is 1. The van der Waals surface area contributed by atoms with Gasteiger partial charge in [-0.05, 0) is 67.4 Å². The fourth-order valence-corrected chi connectivity index (χ4v) is 3.68. The molecule has 160 valence electrons. The normalized spacial score (nSPS) is 11.6. The van der Waals surface area contributed by atoms with E-state index >= 15 is 0 Å². The summed E-state index contributed by atoms with van der Waals surface area (Å²) in [5, 5.41) is 6.85. The second-order valence-corrected chi connectivity index (χ2v) is 8.47. The lowest BCUT2D eigenvalue weighted by atomic mass is 10.1. The summed E-state index contributed by atoms with van der Waals surface area (Å²) in [5.74, 6) is 0.372. The van der Waals surface area contributed by atoms with E-state index in [-0.39, 0.29) is 10.8 Å². The average molecular weight is 438 g/mol. The molecule has 0 radical (unpaired) electrons. The van der Waals surface area contributed by atoms with E-state index in [0.29, 0.717) is 28.3 Å². The van der Waals surface area contributed by atoms with Crippen LogP contribution in [0.4, 0.5) is 5.69 Å². The summed E-state index contributed by atoms with van der Waals surface area (Å²) < 4.78 is 29.8. The highest BCUT2D eigenvalue weighted by Crippen LogP contribution is 2.16. The van der Waals surface area contributed by atoms with Gasteiger partial charge in [0.2, 0.25) is 0 Å². The van der Waals surface area contributed by atoms with Gasteiger partial charge in [-0.1, -0.05) is 30.3 Å². The summed E-state index contributed by atoms with van der Waals surface area (Å²) in [6.45, 7) is 3.57. The molecule has 0 aromatic heterocycles. The number of amides is 1. The maximum Gasteiger partial charge on any atom is 0.276 e. The van der Waals surface area contributed by atoms with Crippen molar-refractivity contribution >= 4 is 27.3 Å². The molecule has 0 aliphatic carbocycles. The largest absolute Gasteiger partial charge is 0.497 e. The molecule has 0 unspecified atom stereocenters. The minimum Gasteiger partial charge on any atom is -0.497 e. The second kappa shape index (κ2) is 9.44. The van der Waals surface area contributed by atoms with Gasteiger partial charge < -0.3 is 10.1 Å². The van der Waals surface area contributed by atoms with Crippen LogP contribution < -0.4 is 14.9 Å². The topological polar surface area (TPSA) is 96.9 Å². The van der Waals surface area contributed by atoms with E-state index < -0.39 is 10.0 Å². The Balaban J connectivity index is 1.67. The third-order valence-electron chi connectivity index (χ3n) is 4.65. The van der Waals surface area contributed by atoms with E-state index in [1.807, 2.05) is 25.1 Å². The van der Waals surface area contributed by atoms with Crippen LogP contribution in [0.1, 0.15) is 28.4 Å². The van der Waals surface area contributed by atoms with Crippen LogP contribution in [0.3, 0.4) is 0 Å². The van der Waals surface area contributed by atoms with Crippen LogP contribution >= 0.6 is 0 Å². The maximum absolute atomic E-state index is 12.4. The van der Waals surface area contributed by atoms with E-state index in [0.717, 1.165) is 5.56 Å². The molecule has 7 nitrogen and oxygen atoms in total. The van der Waals surface area contributed by atoms with Crippen molar-refractivity contribution in [3.63, 3.8) is 0 Å². The van der Waals surface area contributed by atoms with Gasteiger partial charge in [-0.3, -0.25) is 4.79 Å². The Morgan fingerprint density at radius 2 is 1.58 bits per heavy atom. The lowest BCUT2D eigenvalue weighted by molar-refractivity contribution is 0.102. The van der Waals surface area contributed by atoms with Gasteiger partial charge in [-0.15, -0.1) is 0 Å². The van der Waals surface area contributed by atoms with Crippen molar-refractivity contribution < 1.29 is 17.9 Å². The second-order valence-electron chi connectivity index (χ2n) is 6.81. The molecule has 3 aromatic carbocycles. The van der Waals surface area contributed by atoms with Crippen molar-refractivity contribution in [1.29, 1.82) is 0 Å². The van der Waals surface area contributed by atoms with Crippen molar-refractivity contribution in [2.24, 2.45) is 5.10 Å². The van der Waals surface area contributed by atoms with E-state index in [1.165, 1.54) is 19.2 Å². The van der Waals surface area contributed by atoms with Crippen LogP contribution in [-0.2, 0) is 10.0 Å². The first-order chi connectivity index (χ1) is 14.8. The Hall–Kier alpha value is -3.65. The molecule has 0 fully saturated rings. The van der Waals surface area contributed by atoms with Crippen molar-refractivity contribution in [2.45, 2.75) is 18.7 Å². The molecule has 0 atom stereocenters. The third kappa shape index (κ3) is 5.49. The number of methoxy groups -OCH3 is 1. The lowest BCUT2D eigenvalue weighted by Crippen LogP contribution is -2.20. The minimum atomic E-state index is -3.80. The van der Waals surface area contributed by atoms with Crippen molar-refractivity contribution in [3.8, 4) is 5.75 Å². The number of sulfonamides is 1. The van der Waals surface area contributed by atoms with Crippen LogP contribution in [0.25, 0.3) is 0 Å². The van der Waals surface area contributed by atoms with Crippen molar-refractivity contribution in [3.05, 3.63) is 89.5 Å². The number of nitrogens with zero attached hydrogens (tertiary/aromatic N) is 1. The van der Waals surface area contributed by atoms with Crippen LogP contribution in [0.2, 0.25) is 0 Å². The zero-order chi connectivity index (χ0) is 22.4. The molecule has 0 saturated carbocycles. The molecule has 31 heavy (non-hydrogen) atoms. The standard InChI is InChI=1S/C23H23N3O4S/c1-16-6-4-5-7-22(16)23(27)24-19-10-8-18(9-11-19)17(2)25-26-31(28,29)21-14-12-20(30-3)13-15-21/h4-15,26H,1-3H3,(H,24,27). The van der Waals surface area contributed by atoms with Crippen LogP contribution in [0.15, 0.2) is 82.8 Å². The number of hydrogen-bond donors (Lipinski definition) is 2. The van der Waals surface area contributed by atoms with Gasteiger partial charge >= 0.3 is 0 Å². The molecule has 0 saturated heterocycles. The van der Waals surface area contributed by atoms with Gasteiger partial charge in [0.25, 0.3) is 15.9 Å². The quantitative estimate of drug-likeness (QED) is 0.432. The minimum absolute atomic E-state index is 0.0825. The number of carbonyl (C=O) groups is 1. The van der Waals surface area contributed by atoms with E-state index in [4.69, 9.17) is 4.74 Å². The van der Waals surface area contributed by atoms with Crippen LogP contribution in [0.5, 0.6) is 5.75 Å². The molecular weight excluding hydrogens is 414 g/mol. The van der Waals surface area contributed by atoms with Gasteiger partial charge in [0, 0.05) is 11.3 Å². The molecule has 0 aliphatic heterocycles. The third-order valence-corrected chi connectivity index (χ3v) is 5.88. The summed E-state index contributed by atoms with van der Waals surface area (Å²) in [7, 11) is -2.29. The highest BCUT2D eigenvalue weighted by Gasteiger charge is 2.13. The Labute approximate surface area is 181 Å². The summed E-state index contributed by atoms with van der Waals surface area (Å²) in [6.07, 6.45) is 0. The average Bonchev–Trinajstić information content (AvgIpc) is 2.78. The molecule has 0 aliphatic rings. The zero-order valence-corrected chi connectivity index (χ0v) is 18.2. The SMILES string of the molecule is COc1ccc(S(=O)(=O)NN=C(C)c2ccc(NC(=O)c3ccccc3C)cc2)cc1. The number of carbonyl (C=O) groups excluding carboxylic acids is 1. The molecule has 3 aromatic rings. The molecule has 0 heterocycles. The Kier molecular flexibility index (Phi) is 6.71. The number of hydrazone groups is 1. The Morgan fingerprint density at radius 3 is 2.19 bits per heavy atom. The molecule has 1 amide bonds. The number of benzene rings is 3. The number of nitrogens with one attached hydrogen (secondary N) is 2. The van der Waals surface area contributed by atoms with Gasteiger partial charge in [-0.25, -0.2) is 0 Å². The van der Waals surface area contributed by atoms with E-state index in [1.54, 1.807) is 49.4 Å². The smallest absolute Gasteiger partial charge is 0.276 e. The maximum atomic E-state index is 12.4. The predicted molar refractivity (Wildman–Crippen MR) is 121 cm³/mol. The van der Waals surface area contributed by atoms with Gasteiger partial charge in [0.15, 0.2) is 0 Å². The molecule has 2 N–H and O–H groups in total. The highest BCUT2D eigenvalue weighted by atomic mass is 32.2. The number of rotatable bonds is 7. The number of ether oxygens (including phenoxy) is 1. The fourth-order valence-electron chi connectivity index (χ4n) is 2.82. The molecule has 3 rings (SSSR count). The van der Waals surface area contributed by atoms with E-state index in [2.05, 4.69) is 15.2 Å². The monoisotopic (exact) mass is 437 g/mol. The Bertz CT molecular complexity index is 1200. The first-order valence-corrected chi connectivity index (χ1v) is 11.0. The summed E-state index contributed by atoms with van der Waals surface area (Å²) in [6, 6.07) is 20.4. The first-order valence-electron chi connectivity index (χ1n) is 9.48. The first kappa shape index (κ1) is 22.0. The predicted octanol–water partition coefficient (Wildman–Crippen LogP) is 3.96.